The lowest BCUT2D eigenvalue weighted by Gasteiger charge is -2.28. The van der Waals surface area contributed by atoms with E-state index in [1.54, 1.807) is 0 Å². The summed E-state index contributed by atoms with van der Waals surface area (Å²) in [5.74, 6) is -0.925. The van der Waals surface area contributed by atoms with Crippen LogP contribution in [0.3, 0.4) is 0 Å². The van der Waals surface area contributed by atoms with E-state index in [2.05, 4.69) is 15.3 Å². The highest BCUT2D eigenvalue weighted by Crippen LogP contribution is 2.30. The first kappa shape index (κ1) is 23.0. The quantitative estimate of drug-likeness (QED) is 0.539. The molecule has 33 heavy (non-hydrogen) atoms. The lowest BCUT2D eigenvalue weighted by atomic mass is 10.0. The third kappa shape index (κ3) is 5.26. The van der Waals surface area contributed by atoms with Crippen LogP contribution in [0.25, 0.3) is 0 Å². The SMILES string of the molecule is O=C(Nc1ncc2c(n1)CCN(C(=O)c1cccc(C(F)(F)F)c1)C2)c1cc(Cl)cc(Cl)c1. The average molecular weight is 495 g/mol. The van der Waals surface area contributed by atoms with Gasteiger partial charge in [-0.3, -0.25) is 14.9 Å². The molecule has 1 N–H and O–H groups in total. The molecule has 0 bridgehead atoms. The topological polar surface area (TPSA) is 75.2 Å². The summed E-state index contributed by atoms with van der Waals surface area (Å²) >= 11 is 11.8. The third-order valence-electron chi connectivity index (χ3n) is 5.01. The minimum atomic E-state index is -4.53. The first-order valence-electron chi connectivity index (χ1n) is 9.69. The summed E-state index contributed by atoms with van der Waals surface area (Å²) < 4.78 is 38.9. The van der Waals surface area contributed by atoms with Gasteiger partial charge in [0.25, 0.3) is 11.8 Å². The molecule has 11 heteroatoms. The molecule has 2 heterocycles. The molecule has 0 unspecified atom stereocenters. The Kier molecular flexibility index (Phi) is 6.27. The molecule has 3 aromatic rings. The number of rotatable bonds is 3. The number of amides is 2. The normalized spacial score (nSPS) is 13.4. The van der Waals surface area contributed by atoms with Crippen molar-refractivity contribution in [2.45, 2.75) is 19.1 Å². The van der Waals surface area contributed by atoms with Crippen molar-refractivity contribution in [1.82, 2.24) is 14.9 Å². The van der Waals surface area contributed by atoms with Crippen LogP contribution in [-0.4, -0.2) is 33.2 Å². The van der Waals surface area contributed by atoms with E-state index in [0.29, 0.717) is 27.7 Å². The van der Waals surface area contributed by atoms with Crippen molar-refractivity contribution in [2.24, 2.45) is 0 Å². The lowest BCUT2D eigenvalue weighted by Crippen LogP contribution is -2.36. The van der Waals surface area contributed by atoms with Gasteiger partial charge in [0.1, 0.15) is 0 Å². The number of anilines is 1. The number of fused-ring (bicyclic) bond motifs is 1. The molecule has 2 amide bonds. The number of nitrogens with zero attached hydrogens (tertiary/aromatic N) is 3. The molecule has 2 aromatic carbocycles. The fourth-order valence-corrected chi connectivity index (χ4v) is 3.95. The molecule has 0 aliphatic carbocycles. The molecule has 0 radical (unpaired) electrons. The average Bonchev–Trinajstić information content (AvgIpc) is 2.77. The monoisotopic (exact) mass is 494 g/mol. The van der Waals surface area contributed by atoms with Gasteiger partial charge >= 0.3 is 6.18 Å². The Morgan fingerprint density at radius 3 is 2.45 bits per heavy atom. The molecule has 0 atom stereocenters. The van der Waals surface area contributed by atoms with Crippen LogP contribution >= 0.6 is 23.2 Å². The highest BCUT2D eigenvalue weighted by molar-refractivity contribution is 6.35. The second kappa shape index (κ2) is 8.99. The van der Waals surface area contributed by atoms with Crippen LogP contribution in [0.15, 0.2) is 48.7 Å². The summed E-state index contributed by atoms with van der Waals surface area (Å²) in [6.07, 6.45) is -2.70. The number of nitrogens with one attached hydrogen (secondary N) is 1. The molecule has 0 saturated carbocycles. The van der Waals surface area contributed by atoms with Crippen molar-refractivity contribution >= 4 is 41.0 Å². The van der Waals surface area contributed by atoms with Gasteiger partial charge in [-0.05, 0) is 36.4 Å². The Balaban J connectivity index is 1.47. The molecule has 0 saturated heterocycles. The van der Waals surface area contributed by atoms with Gasteiger partial charge in [0.15, 0.2) is 0 Å². The number of alkyl halides is 3. The van der Waals surface area contributed by atoms with Gasteiger partial charge in [-0.1, -0.05) is 29.3 Å². The van der Waals surface area contributed by atoms with Crippen molar-refractivity contribution in [3.63, 3.8) is 0 Å². The molecule has 1 aromatic heterocycles. The Morgan fingerprint density at radius 1 is 1.03 bits per heavy atom. The minimum Gasteiger partial charge on any atom is -0.334 e. The number of halogens is 5. The smallest absolute Gasteiger partial charge is 0.334 e. The van der Waals surface area contributed by atoms with E-state index in [1.165, 1.54) is 41.4 Å². The summed E-state index contributed by atoms with van der Waals surface area (Å²) in [4.78, 5) is 35.1. The van der Waals surface area contributed by atoms with Crippen LogP contribution in [0.5, 0.6) is 0 Å². The van der Waals surface area contributed by atoms with Crippen LogP contribution in [0.1, 0.15) is 37.5 Å². The van der Waals surface area contributed by atoms with E-state index in [0.717, 1.165) is 12.1 Å². The summed E-state index contributed by atoms with van der Waals surface area (Å²) in [6.45, 7) is 0.402. The van der Waals surface area contributed by atoms with Gasteiger partial charge < -0.3 is 4.90 Å². The summed E-state index contributed by atoms with van der Waals surface area (Å²) in [7, 11) is 0. The molecule has 170 valence electrons. The van der Waals surface area contributed by atoms with Crippen LogP contribution in [0.4, 0.5) is 19.1 Å². The zero-order chi connectivity index (χ0) is 23.8. The highest BCUT2D eigenvalue weighted by Gasteiger charge is 2.32. The van der Waals surface area contributed by atoms with Gasteiger partial charge in [-0.25, -0.2) is 9.97 Å². The predicted octanol–water partition coefficient (Wildman–Crippen LogP) is 5.25. The van der Waals surface area contributed by atoms with Crippen LogP contribution in [0.2, 0.25) is 10.0 Å². The fraction of sp³-hybridized carbons (Fsp3) is 0.182. The maximum Gasteiger partial charge on any atom is 0.416 e. The van der Waals surface area contributed by atoms with Crippen molar-refractivity contribution in [1.29, 1.82) is 0 Å². The number of carbonyl (C=O) groups is 2. The summed E-state index contributed by atoms with van der Waals surface area (Å²) in [5, 5.41) is 3.20. The van der Waals surface area contributed by atoms with E-state index in [-0.39, 0.29) is 30.2 Å². The standard InChI is InChI=1S/C22H15Cl2F3N4O2/c23-16-7-13(8-17(24)9-16)19(32)30-21-28-10-14-11-31(5-4-18(14)29-21)20(33)12-2-1-3-15(6-12)22(25,26)27/h1-3,6-10H,4-5,11H2,(H,28,29,30,32). The maximum atomic E-state index is 13.0. The summed E-state index contributed by atoms with van der Waals surface area (Å²) in [5.41, 5.74) is 0.600. The first-order valence-corrected chi connectivity index (χ1v) is 10.4. The molecule has 6 nitrogen and oxygen atoms in total. The molecule has 0 spiro atoms. The molecular weight excluding hydrogens is 480 g/mol. The second-order valence-electron chi connectivity index (χ2n) is 7.33. The van der Waals surface area contributed by atoms with Gasteiger partial charge in [0.2, 0.25) is 5.95 Å². The van der Waals surface area contributed by atoms with E-state index in [1.807, 2.05) is 0 Å². The Bertz CT molecular complexity index is 1230. The number of hydrogen-bond acceptors (Lipinski definition) is 4. The van der Waals surface area contributed by atoms with Gasteiger partial charge in [-0.15, -0.1) is 0 Å². The number of benzene rings is 2. The molecule has 4 rings (SSSR count). The lowest BCUT2D eigenvalue weighted by molar-refractivity contribution is -0.137. The zero-order valence-corrected chi connectivity index (χ0v) is 18.3. The van der Waals surface area contributed by atoms with Crippen LogP contribution < -0.4 is 5.32 Å². The maximum absolute atomic E-state index is 13.0. The largest absolute Gasteiger partial charge is 0.416 e. The van der Waals surface area contributed by atoms with Gasteiger partial charge in [-0.2, -0.15) is 13.2 Å². The summed E-state index contributed by atoms with van der Waals surface area (Å²) in [6, 6.07) is 8.74. The predicted molar refractivity (Wildman–Crippen MR) is 116 cm³/mol. The van der Waals surface area contributed by atoms with Crippen LogP contribution in [-0.2, 0) is 19.1 Å². The minimum absolute atomic E-state index is 0.0433. The van der Waals surface area contributed by atoms with Crippen molar-refractivity contribution in [3.05, 3.63) is 86.7 Å². The molecule has 1 aliphatic rings. The van der Waals surface area contributed by atoms with Gasteiger partial charge in [0, 0.05) is 52.4 Å². The van der Waals surface area contributed by atoms with E-state index in [9.17, 15) is 22.8 Å². The van der Waals surface area contributed by atoms with E-state index in [4.69, 9.17) is 23.2 Å². The Morgan fingerprint density at radius 2 is 1.76 bits per heavy atom. The zero-order valence-electron chi connectivity index (χ0n) is 16.8. The van der Waals surface area contributed by atoms with E-state index >= 15 is 0 Å². The molecule has 1 aliphatic heterocycles. The number of aromatic nitrogens is 2. The highest BCUT2D eigenvalue weighted by atomic mass is 35.5. The van der Waals surface area contributed by atoms with Crippen LogP contribution in [0, 0.1) is 0 Å². The van der Waals surface area contributed by atoms with Crippen molar-refractivity contribution in [2.75, 3.05) is 11.9 Å². The van der Waals surface area contributed by atoms with Crippen molar-refractivity contribution in [3.8, 4) is 0 Å². The first-order chi connectivity index (χ1) is 15.6. The Hall–Kier alpha value is -3.17. The fourth-order valence-electron chi connectivity index (χ4n) is 3.42. The van der Waals surface area contributed by atoms with Crippen molar-refractivity contribution < 1.29 is 22.8 Å². The van der Waals surface area contributed by atoms with Gasteiger partial charge in [0.05, 0.1) is 11.3 Å². The number of carbonyl (C=O) groups excluding carboxylic acids is 2. The third-order valence-corrected chi connectivity index (χ3v) is 5.44. The molecular formula is C22H15Cl2F3N4O2. The molecule has 0 fully saturated rings. The van der Waals surface area contributed by atoms with E-state index < -0.39 is 23.6 Å². The Labute approximate surface area is 196 Å². The second-order valence-corrected chi connectivity index (χ2v) is 8.21. The number of hydrogen-bond donors (Lipinski definition) is 1.